The molecule has 1 aromatic rings. The molecule has 13 heavy (non-hydrogen) atoms. The molecule has 1 fully saturated rings. The van der Waals surface area contributed by atoms with E-state index in [1.807, 2.05) is 7.05 Å². The molecule has 1 amide bonds. The van der Waals surface area contributed by atoms with E-state index in [0.717, 1.165) is 5.69 Å². The van der Waals surface area contributed by atoms with Crippen LogP contribution in [0.3, 0.4) is 0 Å². The standard InChI is InChI=1S/C9H13N3O/c1-9(3-4-9)7-5-6(8(10)13)11-12(7)2/h5H,3-4H2,1-2H3,(H2,10,13). The van der Waals surface area contributed by atoms with Crippen molar-refractivity contribution in [2.45, 2.75) is 25.2 Å². The second-order valence-corrected chi connectivity index (χ2v) is 3.96. The van der Waals surface area contributed by atoms with E-state index in [4.69, 9.17) is 5.73 Å². The first kappa shape index (κ1) is 8.29. The number of amides is 1. The Labute approximate surface area is 76.7 Å². The fraction of sp³-hybridized carbons (Fsp3) is 0.556. The predicted octanol–water partition coefficient (Wildman–Crippen LogP) is 0.570. The molecule has 1 aromatic heterocycles. The number of hydrogen-bond acceptors (Lipinski definition) is 2. The lowest BCUT2D eigenvalue weighted by atomic mass is 10.1. The predicted molar refractivity (Wildman–Crippen MR) is 48.3 cm³/mol. The van der Waals surface area contributed by atoms with Crippen LogP contribution in [-0.4, -0.2) is 15.7 Å². The summed E-state index contributed by atoms with van der Waals surface area (Å²) in [7, 11) is 1.85. The maximum absolute atomic E-state index is 10.9. The number of aryl methyl sites for hydroxylation is 1. The Morgan fingerprint density at radius 1 is 1.69 bits per heavy atom. The first-order valence-corrected chi connectivity index (χ1v) is 4.37. The van der Waals surface area contributed by atoms with Gasteiger partial charge in [-0.15, -0.1) is 0 Å². The van der Waals surface area contributed by atoms with Crippen molar-refractivity contribution < 1.29 is 4.79 Å². The van der Waals surface area contributed by atoms with Gasteiger partial charge in [0.1, 0.15) is 5.69 Å². The van der Waals surface area contributed by atoms with Crippen molar-refractivity contribution in [3.05, 3.63) is 17.5 Å². The van der Waals surface area contributed by atoms with Crippen LogP contribution in [0.4, 0.5) is 0 Å². The Morgan fingerprint density at radius 2 is 2.31 bits per heavy atom. The monoisotopic (exact) mass is 179 g/mol. The Morgan fingerprint density at radius 3 is 2.69 bits per heavy atom. The third kappa shape index (κ3) is 1.22. The van der Waals surface area contributed by atoms with Gasteiger partial charge in [-0.1, -0.05) is 6.92 Å². The fourth-order valence-corrected chi connectivity index (χ4v) is 1.60. The fourth-order valence-electron chi connectivity index (χ4n) is 1.60. The van der Waals surface area contributed by atoms with Gasteiger partial charge >= 0.3 is 0 Å². The van der Waals surface area contributed by atoms with Gasteiger partial charge in [-0.25, -0.2) is 0 Å². The first-order chi connectivity index (χ1) is 6.03. The van der Waals surface area contributed by atoms with E-state index < -0.39 is 5.91 Å². The van der Waals surface area contributed by atoms with Crippen molar-refractivity contribution in [3.8, 4) is 0 Å². The van der Waals surface area contributed by atoms with Crippen LogP contribution in [0, 0.1) is 0 Å². The normalized spacial score (nSPS) is 18.6. The van der Waals surface area contributed by atoms with Crippen LogP contribution in [-0.2, 0) is 12.5 Å². The molecule has 70 valence electrons. The van der Waals surface area contributed by atoms with Gasteiger partial charge in [0.15, 0.2) is 0 Å². The maximum atomic E-state index is 10.9. The van der Waals surface area contributed by atoms with Gasteiger partial charge < -0.3 is 5.73 Å². The van der Waals surface area contributed by atoms with E-state index in [2.05, 4.69) is 12.0 Å². The van der Waals surface area contributed by atoms with Crippen molar-refractivity contribution in [2.75, 3.05) is 0 Å². The molecule has 2 N–H and O–H groups in total. The van der Waals surface area contributed by atoms with Crippen LogP contribution in [0.1, 0.15) is 35.9 Å². The summed E-state index contributed by atoms with van der Waals surface area (Å²) in [4.78, 5) is 10.9. The number of rotatable bonds is 2. The number of aromatic nitrogens is 2. The number of hydrogen-bond donors (Lipinski definition) is 1. The number of carbonyl (C=O) groups excluding carboxylic acids is 1. The zero-order valence-electron chi connectivity index (χ0n) is 7.87. The maximum Gasteiger partial charge on any atom is 0.269 e. The summed E-state index contributed by atoms with van der Waals surface area (Å²) in [5.41, 5.74) is 6.86. The molecule has 0 atom stereocenters. The molecule has 1 aliphatic rings. The van der Waals surface area contributed by atoms with E-state index in [0.29, 0.717) is 5.69 Å². The van der Waals surface area contributed by atoms with Crippen molar-refractivity contribution in [3.63, 3.8) is 0 Å². The summed E-state index contributed by atoms with van der Waals surface area (Å²) in [5.74, 6) is -0.453. The lowest BCUT2D eigenvalue weighted by Crippen LogP contribution is -2.11. The van der Waals surface area contributed by atoms with Crippen molar-refractivity contribution in [2.24, 2.45) is 12.8 Å². The van der Waals surface area contributed by atoms with Gasteiger partial charge in [0, 0.05) is 18.2 Å². The molecule has 0 saturated heterocycles. The lowest BCUT2D eigenvalue weighted by Gasteiger charge is -2.06. The second-order valence-electron chi connectivity index (χ2n) is 3.96. The number of nitrogens with zero attached hydrogens (tertiary/aromatic N) is 2. The van der Waals surface area contributed by atoms with Gasteiger partial charge in [-0.05, 0) is 18.9 Å². The average molecular weight is 179 g/mol. The van der Waals surface area contributed by atoms with Crippen molar-refractivity contribution in [1.29, 1.82) is 0 Å². The van der Waals surface area contributed by atoms with Crippen LogP contribution < -0.4 is 5.73 Å². The van der Waals surface area contributed by atoms with Gasteiger partial charge in [0.25, 0.3) is 5.91 Å². The van der Waals surface area contributed by atoms with Gasteiger partial charge in [-0.3, -0.25) is 9.48 Å². The van der Waals surface area contributed by atoms with Gasteiger partial charge in [0.05, 0.1) is 0 Å². The van der Waals surface area contributed by atoms with E-state index in [1.165, 1.54) is 12.8 Å². The largest absolute Gasteiger partial charge is 0.364 e. The third-order valence-electron chi connectivity index (χ3n) is 2.75. The molecule has 0 unspecified atom stereocenters. The van der Waals surface area contributed by atoms with Crippen LogP contribution in [0.15, 0.2) is 6.07 Å². The molecular formula is C9H13N3O. The Kier molecular flexibility index (Phi) is 1.49. The zero-order valence-corrected chi connectivity index (χ0v) is 7.87. The topological polar surface area (TPSA) is 60.9 Å². The van der Waals surface area contributed by atoms with E-state index in [1.54, 1.807) is 10.7 Å². The van der Waals surface area contributed by atoms with Gasteiger partial charge in [-0.2, -0.15) is 5.10 Å². The molecule has 0 bridgehead atoms. The highest BCUT2D eigenvalue weighted by molar-refractivity contribution is 5.90. The molecule has 1 aliphatic carbocycles. The minimum Gasteiger partial charge on any atom is -0.364 e. The Hall–Kier alpha value is -1.32. The molecule has 4 nitrogen and oxygen atoms in total. The minimum absolute atomic E-state index is 0.232. The SMILES string of the molecule is Cn1nc(C(N)=O)cc1C1(C)CC1. The Balaban J connectivity index is 2.42. The average Bonchev–Trinajstić information content (AvgIpc) is 2.63. The first-order valence-electron chi connectivity index (χ1n) is 4.37. The van der Waals surface area contributed by atoms with E-state index >= 15 is 0 Å². The lowest BCUT2D eigenvalue weighted by molar-refractivity contribution is 0.0995. The summed E-state index contributed by atoms with van der Waals surface area (Å²) < 4.78 is 1.76. The summed E-state index contributed by atoms with van der Waals surface area (Å²) in [5, 5.41) is 4.06. The van der Waals surface area contributed by atoms with Crippen LogP contribution in [0.2, 0.25) is 0 Å². The molecule has 2 rings (SSSR count). The van der Waals surface area contributed by atoms with Crippen molar-refractivity contribution >= 4 is 5.91 Å². The van der Waals surface area contributed by atoms with E-state index in [9.17, 15) is 4.79 Å². The molecule has 1 heterocycles. The van der Waals surface area contributed by atoms with Gasteiger partial charge in [0.2, 0.25) is 0 Å². The van der Waals surface area contributed by atoms with Crippen LogP contribution >= 0.6 is 0 Å². The smallest absolute Gasteiger partial charge is 0.269 e. The number of nitrogens with two attached hydrogens (primary N) is 1. The third-order valence-corrected chi connectivity index (χ3v) is 2.75. The van der Waals surface area contributed by atoms with E-state index in [-0.39, 0.29) is 5.41 Å². The van der Waals surface area contributed by atoms with Crippen molar-refractivity contribution in [1.82, 2.24) is 9.78 Å². The molecule has 0 aliphatic heterocycles. The summed E-state index contributed by atoms with van der Waals surface area (Å²) >= 11 is 0. The highest BCUT2D eigenvalue weighted by Gasteiger charge is 2.41. The molecule has 1 saturated carbocycles. The molecule has 0 spiro atoms. The highest BCUT2D eigenvalue weighted by atomic mass is 16.1. The summed E-state index contributed by atoms with van der Waals surface area (Å²) in [6.07, 6.45) is 2.34. The quantitative estimate of drug-likeness (QED) is 0.721. The molecular weight excluding hydrogens is 166 g/mol. The number of carbonyl (C=O) groups is 1. The Bertz CT molecular complexity index is 363. The van der Waals surface area contributed by atoms with Crippen LogP contribution in [0.5, 0.6) is 0 Å². The molecule has 0 aromatic carbocycles. The second kappa shape index (κ2) is 2.34. The van der Waals surface area contributed by atoms with Crippen LogP contribution in [0.25, 0.3) is 0 Å². The molecule has 4 heteroatoms. The summed E-state index contributed by atoms with van der Waals surface area (Å²) in [6, 6.07) is 1.80. The number of primary amides is 1. The minimum atomic E-state index is -0.453. The zero-order chi connectivity index (χ0) is 9.64. The molecule has 0 radical (unpaired) electrons. The highest BCUT2D eigenvalue weighted by Crippen LogP contribution is 2.47. The summed E-state index contributed by atoms with van der Waals surface area (Å²) in [6.45, 7) is 2.18.